The van der Waals surface area contributed by atoms with Crippen molar-refractivity contribution in [3.63, 3.8) is 0 Å². The Morgan fingerprint density at radius 3 is 2.58 bits per heavy atom. The molecular formula is C17H20ClNO5. The molecule has 0 saturated carbocycles. The molecule has 2 aromatic rings. The van der Waals surface area contributed by atoms with E-state index in [-0.39, 0.29) is 23.6 Å². The van der Waals surface area contributed by atoms with E-state index >= 15 is 0 Å². The zero-order valence-corrected chi connectivity index (χ0v) is 14.2. The van der Waals surface area contributed by atoms with Crippen LogP contribution in [0.25, 0.3) is 11.0 Å². The van der Waals surface area contributed by atoms with Gasteiger partial charge in [-0.15, -0.1) is 12.4 Å². The molecule has 3 rings (SSSR count). The maximum Gasteiger partial charge on any atom is 0.351 e. The van der Waals surface area contributed by atoms with Crippen molar-refractivity contribution in [1.82, 2.24) is 4.90 Å². The quantitative estimate of drug-likeness (QED) is 0.851. The standard InChI is InChI=1S/C17H19NO5.ClH/c1-22-14-8-11(10-18-5-3-2-4-6-18)7-12-9-13(16(19)20)17(21)23-15(12)14;/h7-9H,2-6,10H2,1H3,(H,19,20);1H. The van der Waals surface area contributed by atoms with E-state index in [0.717, 1.165) is 25.2 Å². The molecule has 1 aromatic carbocycles. The monoisotopic (exact) mass is 353 g/mol. The molecule has 1 saturated heterocycles. The summed E-state index contributed by atoms with van der Waals surface area (Å²) in [6.45, 7) is 2.89. The van der Waals surface area contributed by atoms with Gasteiger partial charge in [-0.2, -0.15) is 0 Å². The van der Waals surface area contributed by atoms with E-state index in [0.29, 0.717) is 11.1 Å². The van der Waals surface area contributed by atoms with E-state index in [1.54, 1.807) is 0 Å². The second kappa shape index (κ2) is 7.68. The molecule has 1 N–H and O–H groups in total. The first kappa shape index (κ1) is 18.3. The van der Waals surface area contributed by atoms with Crippen molar-refractivity contribution >= 4 is 29.3 Å². The second-order valence-electron chi connectivity index (χ2n) is 5.81. The summed E-state index contributed by atoms with van der Waals surface area (Å²) in [7, 11) is 1.50. The van der Waals surface area contributed by atoms with Crippen LogP contribution in [0.4, 0.5) is 0 Å². The van der Waals surface area contributed by atoms with Crippen molar-refractivity contribution in [3.8, 4) is 5.75 Å². The van der Waals surface area contributed by atoms with Crippen LogP contribution in [0.3, 0.4) is 0 Å². The average Bonchev–Trinajstić information content (AvgIpc) is 2.54. The molecule has 6 nitrogen and oxygen atoms in total. The molecular weight excluding hydrogens is 334 g/mol. The van der Waals surface area contributed by atoms with Crippen molar-refractivity contribution in [2.45, 2.75) is 25.8 Å². The van der Waals surface area contributed by atoms with Crippen LogP contribution < -0.4 is 10.4 Å². The van der Waals surface area contributed by atoms with Crippen molar-refractivity contribution in [3.05, 3.63) is 39.7 Å². The van der Waals surface area contributed by atoms with Gasteiger partial charge in [-0.1, -0.05) is 6.42 Å². The summed E-state index contributed by atoms with van der Waals surface area (Å²) in [6, 6.07) is 5.06. The van der Waals surface area contributed by atoms with Crippen LogP contribution >= 0.6 is 12.4 Å². The van der Waals surface area contributed by atoms with Crippen molar-refractivity contribution in [2.75, 3.05) is 20.2 Å². The smallest absolute Gasteiger partial charge is 0.351 e. The number of nitrogens with zero attached hydrogens (tertiary/aromatic N) is 1. The molecule has 1 aliphatic heterocycles. The van der Waals surface area contributed by atoms with Crippen LogP contribution in [-0.2, 0) is 6.54 Å². The van der Waals surface area contributed by atoms with Gasteiger partial charge in [0.15, 0.2) is 11.3 Å². The first-order valence-corrected chi connectivity index (χ1v) is 7.69. The highest BCUT2D eigenvalue weighted by Gasteiger charge is 2.17. The lowest BCUT2D eigenvalue weighted by atomic mass is 10.1. The van der Waals surface area contributed by atoms with E-state index in [9.17, 15) is 9.59 Å². The largest absolute Gasteiger partial charge is 0.493 e. The predicted molar refractivity (Wildman–Crippen MR) is 92.4 cm³/mol. The number of aromatic carboxylic acids is 1. The summed E-state index contributed by atoms with van der Waals surface area (Å²) in [5, 5.41) is 9.65. The van der Waals surface area contributed by atoms with Crippen molar-refractivity contribution in [2.24, 2.45) is 0 Å². The number of piperidine rings is 1. The molecule has 130 valence electrons. The number of rotatable bonds is 4. The number of fused-ring (bicyclic) bond motifs is 1. The SMILES string of the molecule is COc1cc(CN2CCCCC2)cc2cc(C(=O)O)c(=O)oc12.Cl. The van der Waals surface area contributed by atoms with E-state index < -0.39 is 11.6 Å². The Hall–Kier alpha value is -2.05. The highest BCUT2D eigenvalue weighted by molar-refractivity contribution is 5.93. The Kier molecular flexibility index (Phi) is 5.85. The lowest BCUT2D eigenvalue weighted by Gasteiger charge is -2.26. The second-order valence-corrected chi connectivity index (χ2v) is 5.81. The van der Waals surface area contributed by atoms with Gasteiger partial charge in [-0.25, -0.2) is 9.59 Å². The van der Waals surface area contributed by atoms with Gasteiger partial charge in [0.1, 0.15) is 5.56 Å². The Labute approximate surface area is 145 Å². The lowest BCUT2D eigenvalue weighted by molar-refractivity contribution is 0.0692. The van der Waals surface area contributed by atoms with Crippen LogP contribution in [0, 0.1) is 0 Å². The number of hydrogen-bond acceptors (Lipinski definition) is 5. The first-order chi connectivity index (χ1) is 11.1. The molecule has 0 amide bonds. The number of carboxylic acids is 1. The van der Waals surface area contributed by atoms with E-state index in [4.69, 9.17) is 14.3 Å². The van der Waals surface area contributed by atoms with Gasteiger partial charge in [-0.3, -0.25) is 4.90 Å². The number of methoxy groups -OCH3 is 1. The molecule has 2 heterocycles. The summed E-state index contributed by atoms with van der Waals surface area (Å²) in [5.41, 5.74) is 0.0630. The van der Waals surface area contributed by atoms with Gasteiger partial charge in [-0.05, 0) is 49.7 Å². The number of likely N-dealkylation sites (tertiary alicyclic amines) is 1. The van der Waals surface area contributed by atoms with Crippen LogP contribution in [0.5, 0.6) is 5.75 Å². The Morgan fingerprint density at radius 2 is 1.96 bits per heavy atom. The minimum absolute atomic E-state index is 0. The third-order valence-electron chi connectivity index (χ3n) is 4.16. The normalized spacial score (nSPS) is 15.0. The number of halogens is 1. The van der Waals surface area contributed by atoms with Gasteiger partial charge in [0.2, 0.25) is 0 Å². The minimum atomic E-state index is -1.29. The molecule has 24 heavy (non-hydrogen) atoms. The summed E-state index contributed by atoms with van der Waals surface area (Å²) in [5.74, 6) is -0.843. The Morgan fingerprint density at radius 1 is 1.25 bits per heavy atom. The number of benzene rings is 1. The molecule has 1 aliphatic rings. The molecule has 1 fully saturated rings. The van der Waals surface area contributed by atoms with Gasteiger partial charge < -0.3 is 14.3 Å². The summed E-state index contributed by atoms with van der Waals surface area (Å²) in [6.07, 6.45) is 3.66. The van der Waals surface area contributed by atoms with Gasteiger partial charge >= 0.3 is 11.6 Å². The van der Waals surface area contributed by atoms with Crippen LogP contribution in [-0.4, -0.2) is 36.2 Å². The molecule has 7 heteroatoms. The van der Waals surface area contributed by atoms with E-state index in [1.165, 1.54) is 32.4 Å². The predicted octanol–water partition coefficient (Wildman–Crippen LogP) is 2.91. The molecule has 0 bridgehead atoms. The lowest BCUT2D eigenvalue weighted by Crippen LogP contribution is -2.29. The molecule has 0 radical (unpaired) electrons. The summed E-state index contributed by atoms with van der Waals surface area (Å²) in [4.78, 5) is 25.2. The fourth-order valence-electron chi connectivity index (χ4n) is 3.03. The topological polar surface area (TPSA) is 80.0 Å². The van der Waals surface area contributed by atoms with Crippen LogP contribution in [0.2, 0.25) is 0 Å². The van der Waals surface area contributed by atoms with Crippen molar-refractivity contribution in [1.29, 1.82) is 0 Å². The third-order valence-corrected chi connectivity index (χ3v) is 4.16. The van der Waals surface area contributed by atoms with Gasteiger partial charge in [0.05, 0.1) is 7.11 Å². The van der Waals surface area contributed by atoms with Crippen LogP contribution in [0.15, 0.2) is 27.4 Å². The van der Waals surface area contributed by atoms with Gasteiger partial charge in [0, 0.05) is 11.9 Å². The molecule has 0 atom stereocenters. The minimum Gasteiger partial charge on any atom is -0.493 e. The van der Waals surface area contributed by atoms with E-state index in [1.807, 2.05) is 12.1 Å². The average molecular weight is 354 g/mol. The molecule has 0 spiro atoms. The van der Waals surface area contributed by atoms with Crippen molar-refractivity contribution < 1.29 is 19.1 Å². The number of carbonyl (C=O) groups is 1. The van der Waals surface area contributed by atoms with Crippen LogP contribution in [0.1, 0.15) is 35.2 Å². The molecule has 1 aromatic heterocycles. The third kappa shape index (κ3) is 3.71. The van der Waals surface area contributed by atoms with Gasteiger partial charge in [0.25, 0.3) is 0 Å². The maximum atomic E-state index is 11.7. The zero-order chi connectivity index (χ0) is 16.4. The Bertz CT molecular complexity index is 795. The fraction of sp³-hybridized carbons (Fsp3) is 0.412. The molecule has 0 aliphatic carbocycles. The van der Waals surface area contributed by atoms with E-state index in [2.05, 4.69) is 4.90 Å². The highest BCUT2D eigenvalue weighted by atomic mass is 35.5. The highest BCUT2D eigenvalue weighted by Crippen LogP contribution is 2.28. The Balaban J connectivity index is 0.00000208. The fourth-order valence-corrected chi connectivity index (χ4v) is 3.03. The summed E-state index contributed by atoms with van der Waals surface area (Å²) >= 11 is 0. The number of ether oxygens (including phenoxy) is 1. The summed E-state index contributed by atoms with van der Waals surface area (Å²) < 4.78 is 10.5. The first-order valence-electron chi connectivity index (χ1n) is 7.69. The molecule has 0 unspecified atom stereocenters. The number of carboxylic acid groups (broad SMARTS) is 1. The zero-order valence-electron chi connectivity index (χ0n) is 13.4. The number of hydrogen-bond donors (Lipinski definition) is 1. The maximum absolute atomic E-state index is 11.7.